The Hall–Kier alpha value is -3.36. The van der Waals surface area contributed by atoms with Crippen LogP contribution in [0.1, 0.15) is 16.8 Å². The highest BCUT2D eigenvalue weighted by Gasteiger charge is 2.46. The molecule has 1 saturated heterocycles. The van der Waals surface area contributed by atoms with Crippen molar-refractivity contribution < 1.29 is 23.1 Å². The van der Waals surface area contributed by atoms with Gasteiger partial charge < -0.3 is 10.0 Å². The lowest BCUT2D eigenvalue weighted by atomic mass is 10.1. The van der Waals surface area contributed by atoms with Crippen molar-refractivity contribution >= 4 is 22.8 Å². The van der Waals surface area contributed by atoms with Crippen LogP contribution in [0.5, 0.6) is 0 Å². The average Bonchev–Trinajstić information content (AvgIpc) is 3.28. The van der Waals surface area contributed by atoms with Crippen molar-refractivity contribution in [3.63, 3.8) is 0 Å². The normalized spacial score (nSPS) is 20.2. The summed E-state index contributed by atoms with van der Waals surface area (Å²) >= 11 is 0. The SMILES string of the molecule is O=C(O)c1cn(-c2ccc(F)cc2F)c2nc(N3CC4CC4C3)c(F)cc2c1=O. The maximum atomic E-state index is 14.8. The first-order valence-electron chi connectivity index (χ1n) is 9.03. The molecule has 0 amide bonds. The molecule has 1 aromatic carbocycles. The van der Waals surface area contributed by atoms with Crippen molar-refractivity contribution in [3.05, 3.63) is 63.7 Å². The molecule has 6 nitrogen and oxygen atoms in total. The third kappa shape index (κ3) is 2.76. The zero-order valence-electron chi connectivity index (χ0n) is 14.9. The quantitative estimate of drug-likeness (QED) is 0.731. The van der Waals surface area contributed by atoms with Gasteiger partial charge in [-0.15, -0.1) is 0 Å². The summed E-state index contributed by atoms with van der Waals surface area (Å²) in [5.41, 5.74) is -1.89. The Morgan fingerprint density at radius 3 is 2.48 bits per heavy atom. The second kappa shape index (κ2) is 6.07. The number of carboxylic acid groups (broad SMARTS) is 1. The molecule has 1 aliphatic heterocycles. The predicted molar refractivity (Wildman–Crippen MR) is 98.0 cm³/mol. The van der Waals surface area contributed by atoms with Crippen LogP contribution in [0.3, 0.4) is 0 Å². The molecule has 0 bridgehead atoms. The van der Waals surface area contributed by atoms with Crippen LogP contribution in [0.4, 0.5) is 19.0 Å². The van der Waals surface area contributed by atoms with E-state index < -0.39 is 34.4 Å². The van der Waals surface area contributed by atoms with Gasteiger partial charge in [-0.3, -0.25) is 9.36 Å². The molecular formula is C20H14F3N3O3. The van der Waals surface area contributed by atoms with Crippen molar-refractivity contribution in [1.29, 1.82) is 0 Å². The van der Waals surface area contributed by atoms with Crippen molar-refractivity contribution in [2.45, 2.75) is 6.42 Å². The Labute approximate surface area is 161 Å². The minimum atomic E-state index is -1.54. The third-order valence-corrected chi connectivity index (χ3v) is 5.59. The Kier molecular flexibility index (Phi) is 3.71. The van der Waals surface area contributed by atoms with Crippen LogP contribution in [0.15, 0.2) is 35.3 Å². The molecule has 1 N–H and O–H groups in total. The van der Waals surface area contributed by atoms with E-state index in [2.05, 4.69) is 4.98 Å². The monoisotopic (exact) mass is 401 g/mol. The molecule has 5 rings (SSSR count). The van der Waals surface area contributed by atoms with Gasteiger partial charge in [0.25, 0.3) is 0 Å². The van der Waals surface area contributed by atoms with E-state index in [-0.39, 0.29) is 22.5 Å². The summed E-state index contributed by atoms with van der Waals surface area (Å²) in [6.45, 7) is 1.28. The van der Waals surface area contributed by atoms with E-state index in [1.807, 2.05) is 0 Å². The van der Waals surface area contributed by atoms with E-state index in [9.17, 15) is 27.9 Å². The summed E-state index contributed by atoms with van der Waals surface area (Å²) < 4.78 is 43.6. The molecule has 0 radical (unpaired) electrons. The summed E-state index contributed by atoms with van der Waals surface area (Å²) in [6, 6.07) is 3.68. The fourth-order valence-corrected chi connectivity index (χ4v) is 4.02. The molecule has 0 spiro atoms. The van der Waals surface area contributed by atoms with Gasteiger partial charge in [-0.25, -0.2) is 22.9 Å². The Morgan fingerprint density at radius 1 is 1.10 bits per heavy atom. The van der Waals surface area contributed by atoms with Crippen LogP contribution in [0.2, 0.25) is 0 Å². The second-order valence-electron chi connectivity index (χ2n) is 7.47. The molecule has 1 saturated carbocycles. The lowest BCUT2D eigenvalue weighted by Crippen LogP contribution is -2.26. The number of pyridine rings is 2. The molecule has 1 aliphatic carbocycles. The minimum Gasteiger partial charge on any atom is -0.477 e. The van der Waals surface area contributed by atoms with E-state index in [1.54, 1.807) is 4.90 Å². The highest BCUT2D eigenvalue weighted by atomic mass is 19.1. The van der Waals surface area contributed by atoms with Crippen molar-refractivity contribution in [1.82, 2.24) is 9.55 Å². The van der Waals surface area contributed by atoms with Crippen molar-refractivity contribution in [2.24, 2.45) is 11.8 Å². The third-order valence-electron chi connectivity index (χ3n) is 5.59. The molecule has 2 aromatic heterocycles. The molecular weight excluding hydrogens is 387 g/mol. The largest absolute Gasteiger partial charge is 0.477 e. The second-order valence-corrected chi connectivity index (χ2v) is 7.47. The molecule has 3 heterocycles. The molecule has 9 heteroatoms. The van der Waals surface area contributed by atoms with E-state index in [1.165, 1.54) is 0 Å². The minimum absolute atomic E-state index is 0.0310. The fraction of sp³-hybridized carbons (Fsp3) is 0.250. The predicted octanol–water partition coefficient (Wildman–Crippen LogP) is 2.96. The van der Waals surface area contributed by atoms with Crippen LogP contribution in [0.25, 0.3) is 16.7 Å². The number of carboxylic acids is 1. The number of hydrogen-bond acceptors (Lipinski definition) is 4. The van der Waals surface area contributed by atoms with Crippen molar-refractivity contribution in [3.8, 4) is 5.69 Å². The number of fused-ring (bicyclic) bond motifs is 2. The summed E-state index contributed by atoms with van der Waals surface area (Å²) in [5.74, 6) is -3.05. The lowest BCUT2D eigenvalue weighted by molar-refractivity contribution is 0.0695. The van der Waals surface area contributed by atoms with E-state index in [0.29, 0.717) is 31.0 Å². The number of piperidine rings is 1. The van der Waals surface area contributed by atoms with Crippen LogP contribution < -0.4 is 10.3 Å². The maximum Gasteiger partial charge on any atom is 0.341 e. The number of hydrogen-bond donors (Lipinski definition) is 1. The molecule has 148 valence electrons. The van der Waals surface area contributed by atoms with Crippen molar-refractivity contribution in [2.75, 3.05) is 18.0 Å². The van der Waals surface area contributed by atoms with Gasteiger partial charge in [-0.05, 0) is 36.5 Å². The summed E-state index contributed by atoms with van der Waals surface area (Å²) in [6.07, 6.45) is 2.03. The standard InChI is InChI=1S/C20H14F3N3O3/c21-11-1-2-16(14(22)4-11)26-8-13(20(28)29)17(27)12-5-15(23)19(24-18(12)26)25-6-9-3-10(9)7-25/h1-2,4-5,8-10H,3,6-7H2,(H,28,29). The topological polar surface area (TPSA) is 75.4 Å². The fourth-order valence-electron chi connectivity index (χ4n) is 4.02. The molecule has 29 heavy (non-hydrogen) atoms. The van der Waals surface area contributed by atoms with Gasteiger partial charge in [-0.2, -0.15) is 0 Å². The number of benzene rings is 1. The maximum absolute atomic E-state index is 14.8. The molecule has 2 aliphatic rings. The smallest absolute Gasteiger partial charge is 0.341 e. The number of aromatic carboxylic acids is 1. The van der Waals surface area contributed by atoms with Gasteiger partial charge in [0, 0.05) is 25.4 Å². The first-order chi connectivity index (χ1) is 13.8. The summed E-state index contributed by atoms with van der Waals surface area (Å²) in [5, 5.41) is 9.06. The van der Waals surface area contributed by atoms with Gasteiger partial charge in [-0.1, -0.05) is 0 Å². The Bertz CT molecular complexity index is 1250. The molecule has 3 aromatic rings. The van der Waals surface area contributed by atoms with Crippen LogP contribution in [-0.4, -0.2) is 33.7 Å². The van der Waals surface area contributed by atoms with Crippen LogP contribution in [0, 0.1) is 29.3 Å². The van der Waals surface area contributed by atoms with E-state index in [0.717, 1.165) is 35.4 Å². The number of aromatic nitrogens is 2. The van der Waals surface area contributed by atoms with Gasteiger partial charge >= 0.3 is 5.97 Å². The number of nitrogens with zero attached hydrogens (tertiary/aromatic N) is 3. The van der Waals surface area contributed by atoms with Crippen LogP contribution in [-0.2, 0) is 0 Å². The highest BCUT2D eigenvalue weighted by Crippen LogP contribution is 2.46. The summed E-state index contributed by atoms with van der Waals surface area (Å²) in [4.78, 5) is 30.1. The Morgan fingerprint density at radius 2 is 1.83 bits per heavy atom. The number of rotatable bonds is 3. The number of carbonyl (C=O) groups is 1. The highest BCUT2D eigenvalue weighted by molar-refractivity contribution is 5.92. The molecule has 2 fully saturated rings. The number of anilines is 1. The Balaban J connectivity index is 1.80. The van der Waals surface area contributed by atoms with E-state index in [4.69, 9.17) is 0 Å². The van der Waals surface area contributed by atoms with Crippen LogP contribution >= 0.6 is 0 Å². The lowest BCUT2D eigenvalue weighted by Gasteiger charge is -2.21. The first-order valence-corrected chi connectivity index (χ1v) is 9.03. The van der Waals surface area contributed by atoms with Gasteiger partial charge in [0.15, 0.2) is 17.3 Å². The van der Waals surface area contributed by atoms with Gasteiger partial charge in [0.2, 0.25) is 5.43 Å². The zero-order valence-corrected chi connectivity index (χ0v) is 14.9. The average molecular weight is 401 g/mol. The van der Waals surface area contributed by atoms with E-state index >= 15 is 0 Å². The summed E-state index contributed by atoms with van der Waals surface area (Å²) in [7, 11) is 0. The zero-order chi connectivity index (χ0) is 20.4. The molecule has 2 unspecified atom stereocenters. The van der Waals surface area contributed by atoms with Gasteiger partial charge in [0.05, 0.1) is 11.1 Å². The molecule has 2 atom stereocenters. The first kappa shape index (κ1) is 17.7. The van der Waals surface area contributed by atoms with Gasteiger partial charge in [0.1, 0.15) is 17.2 Å². The number of halogens is 3.